The fourth-order valence-corrected chi connectivity index (χ4v) is 3.91. The lowest BCUT2D eigenvalue weighted by atomic mass is 9.92. The summed E-state index contributed by atoms with van der Waals surface area (Å²) in [6, 6.07) is 1.81. The quantitative estimate of drug-likeness (QED) is 0.875. The molecule has 1 aromatic rings. The largest absolute Gasteiger partial charge is 0.478 e. The first-order valence-corrected chi connectivity index (χ1v) is 8.77. The summed E-state index contributed by atoms with van der Waals surface area (Å²) in [5.41, 5.74) is 0.311. The van der Waals surface area contributed by atoms with Crippen molar-refractivity contribution in [2.45, 2.75) is 57.4 Å². The van der Waals surface area contributed by atoms with Gasteiger partial charge in [0.25, 0.3) is 0 Å². The molecule has 0 bridgehead atoms. The number of nitrogens with one attached hydrogen (secondary N) is 1. The van der Waals surface area contributed by atoms with E-state index in [4.69, 9.17) is 4.74 Å². The van der Waals surface area contributed by atoms with E-state index in [0.717, 1.165) is 6.54 Å². The summed E-state index contributed by atoms with van der Waals surface area (Å²) in [7, 11) is 0. The maximum Gasteiger partial charge on any atom is 0.226 e. The maximum atomic E-state index is 5.46. The lowest BCUT2D eigenvalue weighted by Gasteiger charge is -2.43. The zero-order valence-electron chi connectivity index (χ0n) is 13.7. The molecule has 1 aliphatic carbocycles. The first kappa shape index (κ1) is 15.5. The Bertz CT molecular complexity index is 467. The third-order valence-corrected chi connectivity index (χ3v) is 5.06. The summed E-state index contributed by atoms with van der Waals surface area (Å²) in [5, 5.41) is 3.48. The molecule has 2 aliphatic rings. The molecule has 22 heavy (non-hydrogen) atoms. The van der Waals surface area contributed by atoms with Crippen molar-refractivity contribution >= 4 is 5.95 Å². The first-order valence-electron chi connectivity index (χ1n) is 8.77. The predicted molar refractivity (Wildman–Crippen MR) is 88.3 cm³/mol. The minimum absolute atomic E-state index is 0.311. The van der Waals surface area contributed by atoms with Gasteiger partial charge in [-0.3, -0.25) is 4.90 Å². The second kappa shape index (κ2) is 7.27. The van der Waals surface area contributed by atoms with Gasteiger partial charge in [-0.25, -0.2) is 4.98 Å². The minimum atomic E-state index is 0.311. The minimum Gasteiger partial charge on any atom is -0.478 e. The Morgan fingerprint density at radius 1 is 1.18 bits per heavy atom. The molecular weight excluding hydrogens is 276 g/mol. The number of aromatic nitrogens is 2. The lowest BCUT2D eigenvalue weighted by molar-refractivity contribution is 0.0807. The first-order chi connectivity index (χ1) is 10.8. The number of hydrogen-bond donors (Lipinski definition) is 1. The van der Waals surface area contributed by atoms with Crippen molar-refractivity contribution in [3.63, 3.8) is 0 Å². The van der Waals surface area contributed by atoms with Crippen molar-refractivity contribution in [1.29, 1.82) is 0 Å². The number of nitrogens with zero attached hydrogens (tertiary/aromatic N) is 3. The van der Waals surface area contributed by atoms with Crippen molar-refractivity contribution < 1.29 is 4.74 Å². The predicted octanol–water partition coefficient (Wildman–Crippen LogP) is 3.09. The smallest absolute Gasteiger partial charge is 0.226 e. The molecule has 1 aliphatic heterocycles. The summed E-state index contributed by atoms with van der Waals surface area (Å²) < 4.78 is 5.46. The molecule has 0 radical (unpaired) electrons. The summed E-state index contributed by atoms with van der Waals surface area (Å²) in [6.07, 6.45) is 11.1. The van der Waals surface area contributed by atoms with Crippen LogP contribution < -0.4 is 10.1 Å². The highest BCUT2D eigenvalue weighted by molar-refractivity contribution is 5.28. The molecule has 0 unspecified atom stereocenters. The Kier molecular flexibility index (Phi) is 5.13. The third-order valence-electron chi connectivity index (χ3n) is 5.06. The molecule has 5 heteroatoms. The van der Waals surface area contributed by atoms with Crippen LogP contribution in [0.1, 0.15) is 51.9 Å². The number of hydrogen-bond acceptors (Lipinski definition) is 5. The molecular formula is C17H28N4O. The van der Waals surface area contributed by atoms with E-state index in [2.05, 4.69) is 20.2 Å². The molecule has 3 rings (SSSR count). The molecule has 1 aromatic heterocycles. The fraction of sp³-hybridized carbons (Fsp3) is 0.765. The van der Waals surface area contributed by atoms with E-state index in [1.54, 1.807) is 6.20 Å². The summed E-state index contributed by atoms with van der Waals surface area (Å²) in [6.45, 7) is 6.05. The van der Waals surface area contributed by atoms with E-state index in [9.17, 15) is 0 Å². The highest BCUT2D eigenvalue weighted by Gasteiger charge is 2.39. The van der Waals surface area contributed by atoms with Crippen molar-refractivity contribution in [3.05, 3.63) is 12.3 Å². The van der Waals surface area contributed by atoms with Crippen LogP contribution in [-0.2, 0) is 0 Å². The van der Waals surface area contributed by atoms with Gasteiger partial charge in [-0.1, -0.05) is 19.3 Å². The van der Waals surface area contributed by atoms with Gasteiger partial charge >= 0.3 is 0 Å². The van der Waals surface area contributed by atoms with Crippen LogP contribution in [0.25, 0.3) is 0 Å². The highest BCUT2D eigenvalue weighted by Crippen LogP contribution is 2.37. The molecule has 2 fully saturated rings. The Labute approximate surface area is 133 Å². The van der Waals surface area contributed by atoms with Crippen LogP contribution in [0.2, 0.25) is 0 Å². The summed E-state index contributed by atoms with van der Waals surface area (Å²) in [5.74, 6) is 1.34. The number of rotatable bonds is 6. The highest BCUT2D eigenvalue weighted by atomic mass is 16.5. The lowest BCUT2D eigenvalue weighted by Crippen LogP contribution is -2.53. The van der Waals surface area contributed by atoms with Crippen molar-refractivity contribution in [2.75, 3.05) is 31.6 Å². The van der Waals surface area contributed by atoms with Crippen molar-refractivity contribution in [3.8, 4) is 5.88 Å². The second-order valence-corrected chi connectivity index (χ2v) is 6.48. The Hall–Kier alpha value is -1.36. The second-order valence-electron chi connectivity index (χ2n) is 6.48. The van der Waals surface area contributed by atoms with E-state index < -0.39 is 0 Å². The molecule has 1 saturated heterocycles. The Morgan fingerprint density at radius 3 is 2.68 bits per heavy atom. The zero-order valence-corrected chi connectivity index (χ0v) is 13.7. The van der Waals surface area contributed by atoms with Gasteiger partial charge in [0.05, 0.1) is 6.61 Å². The van der Waals surface area contributed by atoms with Gasteiger partial charge in [0.2, 0.25) is 11.8 Å². The molecule has 122 valence electrons. The van der Waals surface area contributed by atoms with E-state index in [0.29, 0.717) is 24.0 Å². The summed E-state index contributed by atoms with van der Waals surface area (Å²) >= 11 is 0. The average Bonchev–Trinajstić information content (AvgIpc) is 3.05. The molecule has 0 spiro atoms. The van der Waals surface area contributed by atoms with Gasteiger partial charge in [-0.2, -0.15) is 4.98 Å². The van der Waals surface area contributed by atoms with Gasteiger partial charge in [-0.15, -0.1) is 0 Å². The number of ether oxygens (including phenoxy) is 1. The van der Waals surface area contributed by atoms with Crippen LogP contribution in [0.3, 0.4) is 0 Å². The zero-order chi connectivity index (χ0) is 15.3. The normalized spacial score (nSPS) is 21.7. The molecule has 0 atom stereocenters. The standard InChI is InChI=1S/C17H28N4O/c1-2-22-15-8-11-18-16(20-15)19-14-17(9-4-5-10-17)21-12-6-3-7-13-21/h8,11H,2-7,9-10,12-14H2,1H3,(H,18,19,20). The molecule has 1 N–H and O–H groups in total. The van der Waals surface area contributed by atoms with Gasteiger partial charge < -0.3 is 10.1 Å². The van der Waals surface area contributed by atoms with Gasteiger partial charge in [0.15, 0.2) is 0 Å². The van der Waals surface area contributed by atoms with E-state index in [1.165, 1.54) is 58.0 Å². The molecule has 1 saturated carbocycles. The van der Waals surface area contributed by atoms with Crippen LogP contribution in [0.5, 0.6) is 5.88 Å². The van der Waals surface area contributed by atoms with Crippen LogP contribution in [0.15, 0.2) is 12.3 Å². The van der Waals surface area contributed by atoms with Gasteiger partial charge in [0, 0.05) is 24.3 Å². The number of anilines is 1. The van der Waals surface area contributed by atoms with E-state index in [-0.39, 0.29) is 0 Å². The van der Waals surface area contributed by atoms with Gasteiger partial charge in [0.1, 0.15) is 0 Å². The van der Waals surface area contributed by atoms with E-state index in [1.807, 2.05) is 13.0 Å². The SMILES string of the molecule is CCOc1ccnc(NCC2(N3CCCCC3)CCCC2)n1. The molecule has 2 heterocycles. The monoisotopic (exact) mass is 304 g/mol. The van der Waals surface area contributed by atoms with Crippen LogP contribution >= 0.6 is 0 Å². The molecule has 0 amide bonds. The number of likely N-dealkylation sites (tertiary alicyclic amines) is 1. The van der Waals surface area contributed by atoms with Crippen LogP contribution in [0.4, 0.5) is 5.95 Å². The van der Waals surface area contributed by atoms with E-state index >= 15 is 0 Å². The maximum absolute atomic E-state index is 5.46. The van der Waals surface area contributed by atoms with Crippen molar-refractivity contribution in [1.82, 2.24) is 14.9 Å². The molecule has 0 aromatic carbocycles. The third kappa shape index (κ3) is 3.51. The topological polar surface area (TPSA) is 50.3 Å². The Morgan fingerprint density at radius 2 is 1.95 bits per heavy atom. The summed E-state index contributed by atoms with van der Waals surface area (Å²) in [4.78, 5) is 11.5. The van der Waals surface area contributed by atoms with Crippen molar-refractivity contribution in [2.24, 2.45) is 0 Å². The fourth-order valence-electron chi connectivity index (χ4n) is 3.91. The number of piperidine rings is 1. The van der Waals surface area contributed by atoms with Crippen LogP contribution in [0, 0.1) is 0 Å². The average molecular weight is 304 g/mol. The molecule has 5 nitrogen and oxygen atoms in total. The van der Waals surface area contributed by atoms with Gasteiger partial charge in [-0.05, 0) is 45.7 Å². The Balaban J connectivity index is 1.65. The van der Waals surface area contributed by atoms with Crippen LogP contribution in [-0.4, -0.2) is 46.6 Å².